The first kappa shape index (κ1) is 14.8. The van der Waals surface area contributed by atoms with Crippen LogP contribution in [0.1, 0.15) is 12.0 Å². The van der Waals surface area contributed by atoms with Crippen LogP contribution in [-0.2, 0) is 4.79 Å². The molecule has 2 atom stereocenters. The number of carbonyl (C=O) groups is 1. The molecule has 2 N–H and O–H groups in total. The number of ether oxygens (including phenoxy) is 1. The fourth-order valence-corrected chi connectivity index (χ4v) is 2.29. The maximum atomic E-state index is 12.1. The van der Waals surface area contributed by atoms with E-state index in [0.717, 1.165) is 11.3 Å². The third-order valence-corrected chi connectivity index (χ3v) is 3.47. The van der Waals surface area contributed by atoms with Crippen LogP contribution in [0, 0.1) is 6.92 Å². The Labute approximate surface area is 119 Å². The van der Waals surface area contributed by atoms with Crippen LogP contribution in [0.3, 0.4) is 0 Å². The van der Waals surface area contributed by atoms with Crippen LogP contribution in [-0.4, -0.2) is 54.8 Å². The van der Waals surface area contributed by atoms with Crippen molar-refractivity contribution >= 4 is 5.91 Å². The highest BCUT2D eigenvalue weighted by molar-refractivity contribution is 5.82. The molecule has 2 rings (SSSR count). The smallest absolute Gasteiger partial charge is 0.239 e. The largest absolute Gasteiger partial charge is 0.492 e. The number of benzene rings is 1. The summed E-state index contributed by atoms with van der Waals surface area (Å²) >= 11 is 0. The molecule has 1 aliphatic heterocycles. The Kier molecular flexibility index (Phi) is 4.98. The van der Waals surface area contributed by atoms with Crippen LogP contribution in [0.4, 0.5) is 0 Å². The van der Waals surface area contributed by atoms with E-state index in [9.17, 15) is 9.90 Å². The van der Waals surface area contributed by atoms with Gasteiger partial charge in [0.2, 0.25) is 5.91 Å². The quantitative estimate of drug-likeness (QED) is 0.826. The van der Waals surface area contributed by atoms with Gasteiger partial charge in [-0.3, -0.25) is 4.79 Å². The lowest BCUT2D eigenvalue weighted by atomic mass is 10.2. The van der Waals surface area contributed by atoms with Crippen LogP contribution in [0.5, 0.6) is 5.75 Å². The Hall–Kier alpha value is -1.59. The van der Waals surface area contributed by atoms with Gasteiger partial charge in [-0.1, -0.05) is 12.1 Å². The molecule has 20 heavy (non-hydrogen) atoms. The van der Waals surface area contributed by atoms with Crippen molar-refractivity contribution in [2.75, 3.05) is 26.7 Å². The molecule has 0 spiro atoms. The zero-order valence-electron chi connectivity index (χ0n) is 12.0. The van der Waals surface area contributed by atoms with Gasteiger partial charge in [0.25, 0.3) is 0 Å². The highest BCUT2D eigenvalue weighted by atomic mass is 16.5. The van der Waals surface area contributed by atoms with Crippen molar-refractivity contribution in [2.24, 2.45) is 0 Å². The maximum Gasteiger partial charge on any atom is 0.239 e. The monoisotopic (exact) mass is 278 g/mol. The average Bonchev–Trinajstić information content (AvgIpc) is 2.84. The molecule has 0 bridgehead atoms. The van der Waals surface area contributed by atoms with E-state index in [0.29, 0.717) is 26.1 Å². The Morgan fingerprint density at radius 1 is 1.55 bits per heavy atom. The highest BCUT2D eigenvalue weighted by Gasteiger charge is 2.29. The number of likely N-dealkylation sites (N-methyl/N-ethyl adjacent to an activating group) is 1. The standard InChI is InChI=1S/C15H22N2O3/c1-11-4-3-5-13(8-11)20-7-6-17(2)15(19)14-9-12(18)10-16-14/h3-5,8,12,14,16,18H,6-7,9-10H2,1-2H3. The number of hydrogen-bond acceptors (Lipinski definition) is 4. The van der Waals surface area contributed by atoms with Gasteiger partial charge in [-0.05, 0) is 31.0 Å². The molecule has 0 radical (unpaired) electrons. The van der Waals surface area contributed by atoms with E-state index >= 15 is 0 Å². The molecule has 2 unspecified atom stereocenters. The highest BCUT2D eigenvalue weighted by Crippen LogP contribution is 2.12. The lowest BCUT2D eigenvalue weighted by molar-refractivity contribution is -0.132. The second kappa shape index (κ2) is 6.72. The van der Waals surface area contributed by atoms with E-state index in [2.05, 4.69) is 5.32 Å². The molecule has 0 aliphatic carbocycles. The van der Waals surface area contributed by atoms with E-state index in [1.54, 1.807) is 11.9 Å². The van der Waals surface area contributed by atoms with Crippen molar-refractivity contribution in [1.82, 2.24) is 10.2 Å². The molecule has 5 nitrogen and oxygen atoms in total. The minimum Gasteiger partial charge on any atom is -0.492 e. The molecule has 1 aromatic carbocycles. The predicted octanol–water partition coefficient (Wildman–Crippen LogP) is 0.555. The summed E-state index contributed by atoms with van der Waals surface area (Å²) in [7, 11) is 1.76. The third-order valence-electron chi connectivity index (χ3n) is 3.47. The summed E-state index contributed by atoms with van der Waals surface area (Å²) in [4.78, 5) is 13.7. The van der Waals surface area contributed by atoms with Gasteiger partial charge in [-0.25, -0.2) is 0 Å². The number of β-amino-alcohol motifs (C(OH)–C–C–N with tert-alkyl or cyclic N) is 1. The normalized spacial score (nSPS) is 21.8. The first-order valence-corrected chi connectivity index (χ1v) is 6.92. The topological polar surface area (TPSA) is 61.8 Å². The van der Waals surface area contributed by atoms with Crippen LogP contribution >= 0.6 is 0 Å². The molecule has 1 fully saturated rings. The lowest BCUT2D eigenvalue weighted by Gasteiger charge is -2.21. The second-order valence-electron chi connectivity index (χ2n) is 5.28. The Bertz CT molecular complexity index is 464. The number of aryl methyl sites for hydroxylation is 1. The number of amides is 1. The molecule has 0 aromatic heterocycles. The summed E-state index contributed by atoms with van der Waals surface area (Å²) in [5, 5.41) is 12.4. The van der Waals surface area contributed by atoms with Crippen LogP contribution in [0.25, 0.3) is 0 Å². The Balaban J connectivity index is 1.74. The van der Waals surface area contributed by atoms with Crippen molar-refractivity contribution in [3.8, 4) is 5.75 Å². The SMILES string of the molecule is Cc1cccc(OCCN(C)C(=O)C2CC(O)CN2)c1. The van der Waals surface area contributed by atoms with E-state index in [-0.39, 0.29) is 11.9 Å². The fraction of sp³-hybridized carbons (Fsp3) is 0.533. The first-order chi connectivity index (χ1) is 9.56. The van der Waals surface area contributed by atoms with E-state index in [4.69, 9.17) is 4.74 Å². The molecule has 1 saturated heterocycles. The number of nitrogens with one attached hydrogen (secondary N) is 1. The van der Waals surface area contributed by atoms with Crippen LogP contribution in [0.2, 0.25) is 0 Å². The van der Waals surface area contributed by atoms with Gasteiger partial charge in [0.1, 0.15) is 12.4 Å². The second-order valence-corrected chi connectivity index (χ2v) is 5.28. The van der Waals surface area contributed by atoms with Gasteiger partial charge in [0.15, 0.2) is 0 Å². The van der Waals surface area contributed by atoms with Gasteiger partial charge in [0, 0.05) is 13.6 Å². The number of aliphatic hydroxyl groups excluding tert-OH is 1. The number of carbonyl (C=O) groups excluding carboxylic acids is 1. The predicted molar refractivity (Wildman–Crippen MR) is 76.7 cm³/mol. The summed E-state index contributed by atoms with van der Waals surface area (Å²) in [6, 6.07) is 7.57. The maximum absolute atomic E-state index is 12.1. The van der Waals surface area contributed by atoms with Gasteiger partial charge in [-0.2, -0.15) is 0 Å². The van der Waals surface area contributed by atoms with Crippen molar-refractivity contribution < 1.29 is 14.6 Å². The molecule has 1 aliphatic rings. The zero-order chi connectivity index (χ0) is 14.5. The van der Waals surface area contributed by atoms with E-state index < -0.39 is 6.10 Å². The lowest BCUT2D eigenvalue weighted by Crippen LogP contribution is -2.43. The zero-order valence-corrected chi connectivity index (χ0v) is 12.0. The van der Waals surface area contributed by atoms with Crippen molar-refractivity contribution in [1.29, 1.82) is 0 Å². The molecule has 5 heteroatoms. The average molecular weight is 278 g/mol. The number of rotatable bonds is 5. The minimum atomic E-state index is -0.416. The van der Waals surface area contributed by atoms with Gasteiger partial charge in [0.05, 0.1) is 18.7 Å². The van der Waals surface area contributed by atoms with Crippen molar-refractivity contribution in [3.63, 3.8) is 0 Å². The molecule has 0 saturated carbocycles. The summed E-state index contributed by atoms with van der Waals surface area (Å²) in [5.74, 6) is 0.828. The summed E-state index contributed by atoms with van der Waals surface area (Å²) in [5.41, 5.74) is 1.15. The number of hydrogen-bond donors (Lipinski definition) is 2. The fourth-order valence-electron chi connectivity index (χ4n) is 2.29. The van der Waals surface area contributed by atoms with Crippen molar-refractivity contribution in [2.45, 2.75) is 25.5 Å². The Morgan fingerprint density at radius 3 is 3.00 bits per heavy atom. The van der Waals surface area contributed by atoms with E-state index in [1.807, 2.05) is 31.2 Å². The van der Waals surface area contributed by atoms with Crippen LogP contribution in [0.15, 0.2) is 24.3 Å². The van der Waals surface area contributed by atoms with Gasteiger partial charge >= 0.3 is 0 Å². The van der Waals surface area contributed by atoms with Crippen molar-refractivity contribution in [3.05, 3.63) is 29.8 Å². The summed E-state index contributed by atoms with van der Waals surface area (Å²) in [6.07, 6.45) is 0.0722. The molecule has 110 valence electrons. The number of aliphatic hydroxyl groups is 1. The van der Waals surface area contributed by atoms with E-state index in [1.165, 1.54) is 0 Å². The number of nitrogens with zero attached hydrogens (tertiary/aromatic N) is 1. The first-order valence-electron chi connectivity index (χ1n) is 6.92. The third kappa shape index (κ3) is 3.95. The molecule has 1 heterocycles. The summed E-state index contributed by atoms with van der Waals surface area (Å²) in [6.45, 7) is 3.49. The molecular weight excluding hydrogens is 256 g/mol. The summed E-state index contributed by atoms with van der Waals surface area (Å²) < 4.78 is 5.63. The molecule has 1 amide bonds. The van der Waals surface area contributed by atoms with Gasteiger partial charge < -0.3 is 20.1 Å². The van der Waals surface area contributed by atoms with Gasteiger partial charge in [-0.15, -0.1) is 0 Å². The molecule has 1 aromatic rings. The van der Waals surface area contributed by atoms with Crippen LogP contribution < -0.4 is 10.1 Å². The Morgan fingerprint density at radius 2 is 2.35 bits per heavy atom. The minimum absolute atomic E-state index is 0.00870. The molecular formula is C15H22N2O3.